The lowest BCUT2D eigenvalue weighted by Gasteiger charge is -2.72. The molecule has 0 bridgehead atoms. The van der Waals surface area contributed by atoms with E-state index in [4.69, 9.17) is 0 Å². The first-order valence-corrected chi connectivity index (χ1v) is 19.3. The van der Waals surface area contributed by atoms with Crippen molar-refractivity contribution in [2.45, 2.75) is 118 Å². The Labute approximate surface area is 289 Å². The number of aliphatic carboxylic acids is 1. The first-order valence-electron chi connectivity index (χ1n) is 19.3. The van der Waals surface area contributed by atoms with E-state index in [0.29, 0.717) is 35.5 Å². The molecule has 3 aromatic rings. The van der Waals surface area contributed by atoms with Crippen molar-refractivity contribution in [3.63, 3.8) is 0 Å². The number of carboxylic acids is 1. The lowest BCUT2D eigenvalue weighted by atomic mass is 9.32. The molecule has 1 N–H and O–H groups in total. The molecule has 5 unspecified atom stereocenters. The van der Waals surface area contributed by atoms with Gasteiger partial charge >= 0.3 is 5.97 Å². The zero-order chi connectivity index (χ0) is 33.9. The van der Waals surface area contributed by atoms with E-state index < -0.39 is 11.4 Å². The van der Waals surface area contributed by atoms with Crippen LogP contribution in [0.3, 0.4) is 0 Å². The van der Waals surface area contributed by atoms with Crippen molar-refractivity contribution < 1.29 is 9.90 Å². The molecule has 3 nitrogen and oxygen atoms in total. The van der Waals surface area contributed by atoms with E-state index in [1.807, 2.05) is 0 Å². The van der Waals surface area contributed by atoms with Crippen LogP contribution in [-0.2, 0) is 23.2 Å². The van der Waals surface area contributed by atoms with Gasteiger partial charge in [-0.1, -0.05) is 109 Å². The molecular formula is C45H59NO2. The predicted molar refractivity (Wildman–Crippen MR) is 196 cm³/mol. The van der Waals surface area contributed by atoms with Crippen LogP contribution in [0.25, 0.3) is 11.1 Å². The van der Waals surface area contributed by atoms with E-state index in [-0.39, 0.29) is 21.7 Å². The standard InChI is InChI=1S/C45H59NO2/c1-29(2)32-20-23-45(40(47)48)25-24-43(6)35(38(32)45)18-19-37-42(5)26-33-34(31-16-12-9-13-17-31)28-46(27-30-14-10-8-11-15-30)39(33)41(3,4)36(42)21-22-44(37,43)7/h8-17,28-29,32,35-38H,18-27H2,1-7H3,(H,47,48)/t32?,35?,36?,37?,38?,42-,43+,44+,45-/m0/s1. The van der Waals surface area contributed by atoms with E-state index in [2.05, 4.69) is 120 Å². The molecule has 48 heavy (non-hydrogen) atoms. The van der Waals surface area contributed by atoms with Crippen molar-refractivity contribution in [3.8, 4) is 11.1 Å². The van der Waals surface area contributed by atoms with Gasteiger partial charge in [0.2, 0.25) is 0 Å². The van der Waals surface area contributed by atoms with Crippen LogP contribution in [0.2, 0.25) is 0 Å². The minimum Gasteiger partial charge on any atom is -0.481 e. The number of rotatable bonds is 5. The highest BCUT2D eigenvalue weighted by Gasteiger charge is 2.72. The number of hydrogen-bond acceptors (Lipinski definition) is 1. The second kappa shape index (κ2) is 10.8. The van der Waals surface area contributed by atoms with E-state index in [1.54, 1.807) is 11.3 Å². The van der Waals surface area contributed by atoms with Crippen LogP contribution in [0.4, 0.5) is 0 Å². The molecule has 0 aliphatic heterocycles. The van der Waals surface area contributed by atoms with Crippen molar-refractivity contribution >= 4 is 5.97 Å². The van der Waals surface area contributed by atoms with Crippen LogP contribution in [-0.4, -0.2) is 15.6 Å². The molecule has 8 rings (SSSR count). The minimum absolute atomic E-state index is 0.0441. The van der Waals surface area contributed by atoms with Gasteiger partial charge in [-0.15, -0.1) is 0 Å². The largest absolute Gasteiger partial charge is 0.481 e. The molecule has 1 aromatic heterocycles. The Balaban J connectivity index is 1.23. The van der Waals surface area contributed by atoms with Gasteiger partial charge < -0.3 is 9.67 Å². The van der Waals surface area contributed by atoms with Gasteiger partial charge in [0.05, 0.1) is 5.41 Å². The zero-order valence-electron chi connectivity index (χ0n) is 30.7. The summed E-state index contributed by atoms with van der Waals surface area (Å²) in [5.74, 6) is 2.67. The Hall–Kier alpha value is -2.81. The van der Waals surface area contributed by atoms with Gasteiger partial charge in [0.1, 0.15) is 0 Å². The summed E-state index contributed by atoms with van der Waals surface area (Å²) in [6.45, 7) is 18.8. The molecule has 4 fully saturated rings. The Bertz CT molecular complexity index is 1700. The van der Waals surface area contributed by atoms with Gasteiger partial charge in [0, 0.05) is 29.4 Å². The lowest BCUT2D eigenvalue weighted by molar-refractivity contribution is -0.230. The molecule has 256 valence electrons. The summed E-state index contributed by atoms with van der Waals surface area (Å²) in [6, 6.07) is 22.2. The van der Waals surface area contributed by atoms with Crippen molar-refractivity contribution in [3.05, 3.63) is 83.7 Å². The van der Waals surface area contributed by atoms with Gasteiger partial charge in [0.15, 0.2) is 0 Å². The number of fused-ring (bicyclic) bond motifs is 8. The second-order valence-corrected chi connectivity index (χ2v) is 18.8. The fourth-order valence-electron chi connectivity index (χ4n) is 14.4. The summed E-state index contributed by atoms with van der Waals surface area (Å²) in [6.07, 6.45) is 12.6. The van der Waals surface area contributed by atoms with Gasteiger partial charge in [-0.05, 0) is 126 Å². The molecule has 5 aliphatic rings. The molecule has 1 heterocycles. The highest BCUT2D eigenvalue weighted by molar-refractivity contribution is 5.76. The molecule has 0 amide bonds. The van der Waals surface area contributed by atoms with Crippen LogP contribution in [0, 0.1) is 57.2 Å². The van der Waals surface area contributed by atoms with Crippen LogP contribution < -0.4 is 0 Å². The lowest BCUT2D eigenvalue weighted by Crippen LogP contribution is -2.67. The fraction of sp³-hybridized carbons (Fsp3) is 0.622. The topological polar surface area (TPSA) is 42.2 Å². The Morgan fingerprint density at radius 3 is 2.17 bits per heavy atom. The van der Waals surface area contributed by atoms with Crippen molar-refractivity contribution in [1.29, 1.82) is 0 Å². The Morgan fingerprint density at radius 2 is 1.50 bits per heavy atom. The third-order valence-corrected chi connectivity index (χ3v) is 16.5. The second-order valence-electron chi connectivity index (χ2n) is 18.8. The first kappa shape index (κ1) is 32.4. The molecule has 4 saturated carbocycles. The number of carboxylic acid groups (broad SMARTS) is 1. The highest BCUT2D eigenvalue weighted by Crippen LogP contribution is 2.77. The summed E-state index contributed by atoms with van der Waals surface area (Å²) in [4.78, 5) is 13.2. The minimum atomic E-state index is -0.503. The van der Waals surface area contributed by atoms with Crippen LogP contribution in [0.15, 0.2) is 66.9 Å². The fourth-order valence-corrected chi connectivity index (χ4v) is 14.4. The number of hydrogen-bond donors (Lipinski definition) is 1. The predicted octanol–water partition coefficient (Wildman–Crippen LogP) is 11.0. The number of carbonyl (C=O) groups is 1. The summed E-state index contributed by atoms with van der Waals surface area (Å²) in [5.41, 5.74) is 7.39. The quantitative estimate of drug-likeness (QED) is 0.300. The van der Waals surface area contributed by atoms with E-state index in [1.165, 1.54) is 42.4 Å². The summed E-state index contributed by atoms with van der Waals surface area (Å²) >= 11 is 0. The van der Waals surface area contributed by atoms with Crippen molar-refractivity contribution in [2.24, 2.45) is 57.2 Å². The third kappa shape index (κ3) is 4.21. The van der Waals surface area contributed by atoms with Gasteiger partial charge in [-0.25, -0.2) is 0 Å². The average molecular weight is 646 g/mol. The summed E-state index contributed by atoms with van der Waals surface area (Å²) in [5, 5.41) is 10.8. The monoisotopic (exact) mass is 645 g/mol. The van der Waals surface area contributed by atoms with Crippen LogP contribution in [0.1, 0.15) is 117 Å². The molecule has 9 atom stereocenters. The molecule has 0 radical (unpaired) electrons. The maximum Gasteiger partial charge on any atom is 0.309 e. The van der Waals surface area contributed by atoms with E-state index in [9.17, 15) is 9.90 Å². The van der Waals surface area contributed by atoms with Crippen LogP contribution in [0.5, 0.6) is 0 Å². The molecule has 2 aromatic carbocycles. The van der Waals surface area contributed by atoms with Crippen LogP contribution >= 0.6 is 0 Å². The van der Waals surface area contributed by atoms with Gasteiger partial charge in [-0.2, -0.15) is 0 Å². The maximum atomic E-state index is 13.2. The van der Waals surface area contributed by atoms with Gasteiger partial charge in [0.25, 0.3) is 0 Å². The first-order chi connectivity index (χ1) is 22.8. The van der Waals surface area contributed by atoms with Gasteiger partial charge in [-0.3, -0.25) is 4.79 Å². The molecule has 0 spiro atoms. The van der Waals surface area contributed by atoms with Crippen molar-refractivity contribution in [2.75, 3.05) is 0 Å². The Kier molecular flexibility index (Phi) is 7.32. The summed E-state index contributed by atoms with van der Waals surface area (Å²) in [7, 11) is 0. The highest BCUT2D eigenvalue weighted by atomic mass is 16.4. The van der Waals surface area contributed by atoms with E-state index >= 15 is 0 Å². The molecule has 5 aliphatic carbocycles. The van der Waals surface area contributed by atoms with E-state index in [0.717, 1.165) is 38.6 Å². The maximum absolute atomic E-state index is 13.2. The molecule has 3 heteroatoms. The third-order valence-electron chi connectivity index (χ3n) is 16.5. The number of aromatic nitrogens is 1. The number of benzene rings is 2. The smallest absolute Gasteiger partial charge is 0.309 e. The van der Waals surface area contributed by atoms with Crippen molar-refractivity contribution in [1.82, 2.24) is 4.57 Å². The molecular weight excluding hydrogens is 587 g/mol. The normalized spacial score (nSPS) is 39.5. The SMILES string of the molecule is CC(C)C1CC[C@]2(C(=O)O)CC[C@]3(C)C(CCC4[C@@]5(C)Cc6c(-c7ccccc7)cn(Cc7ccccc7)c6C(C)(C)C5CC[C@]43C)C12. The Morgan fingerprint density at radius 1 is 0.812 bits per heavy atom. The zero-order valence-corrected chi connectivity index (χ0v) is 30.7. The summed E-state index contributed by atoms with van der Waals surface area (Å²) < 4.78 is 2.62. The number of nitrogens with zero attached hydrogens (tertiary/aromatic N) is 1. The molecule has 0 saturated heterocycles. The average Bonchev–Trinajstić information content (AvgIpc) is 3.62.